The molecule has 1 unspecified atom stereocenters. The first-order chi connectivity index (χ1) is 5.50. The van der Waals surface area contributed by atoms with Crippen LogP contribution in [0.3, 0.4) is 0 Å². The van der Waals surface area contributed by atoms with Crippen LogP contribution < -0.4 is 5.73 Å². The van der Waals surface area contributed by atoms with Crippen LogP contribution in [0.5, 0.6) is 0 Å². The lowest BCUT2D eigenvalue weighted by Crippen LogP contribution is -2.36. The maximum absolute atomic E-state index is 6.02. The molecular formula is C9H16N2S. The van der Waals surface area contributed by atoms with Crippen LogP contribution >= 0.6 is 11.3 Å². The number of thiazole rings is 1. The molecule has 0 radical (unpaired) electrons. The molecule has 0 amide bonds. The van der Waals surface area contributed by atoms with E-state index in [0.29, 0.717) is 0 Å². The molecule has 1 atom stereocenters. The van der Waals surface area contributed by atoms with Crippen LogP contribution in [0.2, 0.25) is 0 Å². The Bertz CT molecular complexity index is 223. The zero-order valence-electron chi connectivity index (χ0n) is 7.87. The average Bonchev–Trinajstić information content (AvgIpc) is 2.37. The van der Waals surface area contributed by atoms with Gasteiger partial charge in [-0.2, -0.15) is 0 Å². The van der Waals surface area contributed by atoms with Crippen molar-refractivity contribution in [3.05, 3.63) is 16.6 Å². The van der Waals surface area contributed by atoms with Crippen molar-refractivity contribution in [2.24, 2.45) is 11.1 Å². The lowest BCUT2D eigenvalue weighted by Gasteiger charge is -2.26. The monoisotopic (exact) mass is 184 g/mol. The van der Waals surface area contributed by atoms with E-state index in [2.05, 4.69) is 25.8 Å². The Morgan fingerprint density at radius 2 is 2.25 bits per heavy atom. The van der Waals surface area contributed by atoms with Gasteiger partial charge in [-0.15, -0.1) is 11.3 Å². The first-order valence-electron chi connectivity index (χ1n) is 4.13. The summed E-state index contributed by atoms with van der Waals surface area (Å²) >= 11 is 1.68. The van der Waals surface area contributed by atoms with Crippen molar-refractivity contribution in [2.75, 3.05) is 0 Å². The van der Waals surface area contributed by atoms with Crippen LogP contribution in [0, 0.1) is 5.41 Å². The normalized spacial score (nSPS) is 14.7. The molecule has 2 N–H and O–H groups in total. The van der Waals surface area contributed by atoms with E-state index < -0.39 is 0 Å². The van der Waals surface area contributed by atoms with E-state index in [1.807, 2.05) is 11.7 Å². The summed E-state index contributed by atoms with van der Waals surface area (Å²) in [6.07, 6.45) is 2.84. The lowest BCUT2D eigenvalue weighted by molar-refractivity contribution is 0.319. The van der Waals surface area contributed by atoms with Crippen LogP contribution in [0.1, 0.15) is 25.6 Å². The summed E-state index contributed by atoms with van der Waals surface area (Å²) in [5.74, 6) is 0. The molecule has 0 spiro atoms. The fourth-order valence-corrected chi connectivity index (χ4v) is 1.52. The SMILES string of the molecule is CC(C)(C)C(N)Cc1cncs1. The second kappa shape index (κ2) is 3.54. The molecule has 0 bridgehead atoms. The molecule has 0 saturated carbocycles. The predicted molar refractivity (Wildman–Crippen MR) is 53.2 cm³/mol. The van der Waals surface area contributed by atoms with Gasteiger partial charge in [0.05, 0.1) is 5.51 Å². The van der Waals surface area contributed by atoms with E-state index in [-0.39, 0.29) is 11.5 Å². The van der Waals surface area contributed by atoms with Crippen molar-refractivity contribution in [1.29, 1.82) is 0 Å². The van der Waals surface area contributed by atoms with Crippen molar-refractivity contribution in [1.82, 2.24) is 4.98 Å². The first kappa shape index (κ1) is 9.68. The van der Waals surface area contributed by atoms with Crippen LogP contribution in [0.4, 0.5) is 0 Å². The van der Waals surface area contributed by atoms with Gasteiger partial charge in [-0.3, -0.25) is 4.98 Å². The summed E-state index contributed by atoms with van der Waals surface area (Å²) in [6, 6.07) is 0.220. The van der Waals surface area contributed by atoms with E-state index in [4.69, 9.17) is 5.73 Å². The third-order valence-electron chi connectivity index (χ3n) is 2.02. The molecule has 1 aromatic heterocycles. The van der Waals surface area contributed by atoms with Crippen molar-refractivity contribution in [2.45, 2.75) is 33.2 Å². The molecule has 0 aromatic carbocycles. The Morgan fingerprint density at radius 1 is 1.58 bits per heavy atom. The Labute approximate surface area is 77.8 Å². The zero-order chi connectivity index (χ0) is 9.19. The lowest BCUT2D eigenvalue weighted by atomic mass is 9.85. The van der Waals surface area contributed by atoms with Gasteiger partial charge in [0.15, 0.2) is 0 Å². The molecule has 3 heteroatoms. The summed E-state index contributed by atoms with van der Waals surface area (Å²) in [6.45, 7) is 6.50. The first-order valence-corrected chi connectivity index (χ1v) is 5.01. The van der Waals surface area contributed by atoms with Crippen molar-refractivity contribution in [3.8, 4) is 0 Å². The predicted octanol–water partition coefficient (Wildman–Crippen LogP) is 2.06. The molecule has 0 aliphatic carbocycles. The largest absolute Gasteiger partial charge is 0.327 e. The van der Waals surface area contributed by atoms with Crippen LogP contribution in [-0.2, 0) is 6.42 Å². The summed E-state index contributed by atoms with van der Waals surface area (Å²) in [4.78, 5) is 5.30. The van der Waals surface area contributed by atoms with Crippen LogP contribution in [0.25, 0.3) is 0 Å². The molecule has 68 valence electrons. The molecule has 0 aliphatic heterocycles. The van der Waals surface area contributed by atoms with Gasteiger partial charge < -0.3 is 5.73 Å². The van der Waals surface area contributed by atoms with E-state index in [1.54, 1.807) is 11.3 Å². The minimum atomic E-state index is 0.185. The Balaban J connectivity index is 2.53. The third-order valence-corrected chi connectivity index (χ3v) is 2.82. The number of aromatic nitrogens is 1. The fraction of sp³-hybridized carbons (Fsp3) is 0.667. The van der Waals surface area contributed by atoms with E-state index in [9.17, 15) is 0 Å². The van der Waals surface area contributed by atoms with E-state index in [1.165, 1.54) is 4.88 Å². The second-order valence-electron chi connectivity index (χ2n) is 4.14. The summed E-state index contributed by atoms with van der Waals surface area (Å²) in [5, 5.41) is 0. The van der Waals surface area contributed by atoms with Crippen LogP contribution in [-0.4, -0.2) is 11.0 Å². The molecule has 1 heterocycles. The zero-order valence-corrected chi connectivity index (χ0v) is 8.69. The second-order valence-corrected chi connectivity index (χ2v) is 5.12. The molecule has 12 heavy (non-hydrogen) atoms. The fourth-order valence-electron chi connectivity index (χ4n) is 0.866. The van der Waals surface area contributed by atoms with Gasteiger partial charge in [0.2, 0.25) is 0 Å². The van der Waals surface area contributed by atoms with E-state index in [0.717, 1.165) is 6.42 Å². The van der Waals surface area contributed by atoms with E-state index >= 15 is 0 Å². The molecule has 0 saturated heterocycles. The van der Waals surface area contributed by atoms with Gasteiger partial charge in [-0.05, 0) is 11.8 Å². The number of nitrogens with zero attached hydrogens (tertiary/aromatic N) is 1. The van der Waals surface area contributed by atoms with Gasteiger partial charge in [-0.25, -0.2) is 0 Å². The number of rotatable bonds is 2. The summed E-state index contributed by atoms with van der Waals surface area (Å²) < 4.78 is 0. The number of hydrogen-bond acceptors (Lipinski definition) is 3. The third kappa shape index (κ3) is 2.57. The highest BCUT2D eigenvalue weighted by Crippen LogP contribution is 2.21. The van der Waals surface area contributed by atoms with Crippen LogP contribution in [0.15, 0.2) is 11.7 Å². The van der Waals surface area contributed by atoms with Gasteiger partial charge in [-0.1, -0.05) is 20.8 Å². The van der Waals surface area contributed by atoms with Gasteiger partial charge in [0.1, 0.15) is 0 Å². The summed E-state index contributed by atoms with van der Waals surface area (Å²) in [5.41, 5.74) is 8.06. The van der Waals surface area contributed by atoms with Crippen molar-refractivity contribution >= 4 is 11.3 Å². The van der Waals surface area contributed by atoms with Gasteiger partial charge >= 0.3 is 0 Å². The highest BCUT2D eigenvalue weighted by Gasteiger charge is 2.20. The van der Waals surface area contributed by atoms with Crippen molar-refractivity contribution in [3.63, 3.8) is 0 Å². The van der Waals surface area contributed by atoms with Crippen molar-refractivity contribution < 1.29 is 0 Å². The average molecular weight is 184 g/mol. The molecule has 0 fully saturated rings. The number of hydrogen-bond donors (Lipinski definition) is 1. The minimum Gasteiger partial charge on any atom is -0.327 e. The molecule has 1 rings (SSSR count). The standard InChI is InChI=1S/C9H16N2S/c1-9(2,3)8(10)4-7-5-11-6-12-7/h5-6,8H,4,10H2,1-3H3. The smallest absolute Gasteiger partial charge is 0.0794 e. The Kier molecular flexibility index (Phi) is 2.85. The quantitative estimate of drug-likeness (QED) is 0.764. The Hall–Kier alpha value is -0.410. The summed E-state index contributed by atoms with van der Waals surface area (Å²) in [7, 11) is 0. The molecule has 2 nitrogen and oxygen atoms in total. The maximum Gasteiger partial charge on any atom is 0.0794 e. The highest BCUT2D eigenvalue weighted by molar-refractivity contribution is 7.09. The topological polar surface area (TPSA) is 38.9 Å². The molecule has 0 aliphatic rings. The van der Waals surface area contributed by atoms with Gasteiger partial charge in [0.25, 0.3) is 0 Å². The van der Waals surface area contributed by atoms with Gasteiger partial charge in [0, 0.05) is 17.1 Å². The minimum absolute atomic E-state index is 0.185. The molecular weight excluding hydrogens is 168 g/mol. The Morgan fingerprint density at radius 3 is 2.67 bits per heavy atom. The highest BCUT2D eigenvalue weighted by atomic mass is 32.1. The number of nitrogens with two attached hydrogens (primary N) is 1. The molecule has 1 aromatic rings. The maximum atomic E-state index is 6.02.